The lowest BCUT2D eigenvalue weighted by molar-refractivity contribution is 0.0128. The van der Waals surface area contributed by atoms with Crippen LogP contribution < -0.4 is 5.32 Å². The summed E-state index contributed by atoms with van der Waals surface area (Å²) >= 11 is 3.56. The number of fused-ring (bicyclic) bond motifs is 1. The number of halogens is 1. The average molecular weight is 546 g/mol. The maximum absolute atomic E-state index is 12.3. The fourth-order valence-electron chi connectivity index (χ4n) is 5.09. The van der Waals surface area contributed by atoms with Crippen LogP contribution in [0.4, 0.5) is 10.5 Å². The Hall–Kier alpha value is -2.19. The van der Waals surface area contributed by atoms with E-state index in [-0.39, 0.29) is 11.9 Å². The average Bonchev–Trinajstić information content (AvgIpc) is 2.80. The largest absolute Gasteiger partial charge is 0.444 e. The summed E-state index contributed by atoms with van der Waals surface area (Å²) in [5, 5.41) is 4.69. The first-order chi connectivity index (χ1) is 16.6. The molecule has 1 aromatic carbocycles. The molecule has 8 heteroatoms. The van der Waals surface area contributed by atoms with E-state index in [1.807, 2.05) is 43.9 Å². The Morgan fingerprint density at radius 3 is 2.43 bits per heavy atom. The SMILES string of the molecule is CC(=O)c1cnc2ccc(Br)cc2c1N[C@H]1CC[C@H](CN2CCN(C(=O)OC(C)(C)C)CC2)CC1. The number of ether oxygens (including phenoxy) is 1. The summed E-state index contributed by atoms with van der Waals surface area (Å²) in [6.45, 7) is 11.7. The summed E-state index contributed by atoms with van der Waals surface area (Å²) in [6, 6.07) is 6.34. The van der Waals surface area contributed by atoms with E-state index in [1.54, 1.807) is 13.1 Å². The van der Waals surface area contributed by atoms with E-state index in [4.69, 9.17) is 4.74 Å². The standard InChI is InChI=1S/C27H37BrN4O3/c1-18(33)23-16-29-24-10-7-20(28)15-22(24)25(23)30-21-8-5-19(6-9-21)17-31-11-13-32(14-12-31)26(34)35-27(2,3)4/h7,10,15-16,19,21H,5-6,8-9,11-14,17H2,1-4H3,(H,29,30)/t19-,21-. The Morgan fingerprint density at radius 1 is 1.11 bits per heavy atom. The Bertz CT molecular complexity index is 1070. The number of aromatic nitrogens is 1. The van der Waals surface area contributed by atoms with Crippen LogP contribution in [-0.4, -0.2) is 71.0 Å². The number of benzene rings is 1. The molecule has 1 saturated carbocycles. The Labute approximate surface area is 216 Å². The van der Waals surface area contributed by atoms with E-state index >= 15 is 0 Å². The van der Waals surface area contributed by atoms with Gasteiger partial charge in [-0.1, -0.05) is 15.9 Å². The maximum Gasteiger partial charge on any atom is 0.410 e. The molecule has 0 atom stereocenters. The number of ketones is 1. The fraction of sp³-hybridized carbons (Fsp3) is 0.593. The summed E-state index contributed by atoms with van der Waals surface area (Å²) in [5.74, 6) is 0.692. The van der Waals surface area contributed by atoms with E-state index in [0.717, 1.165) is 79.5 Å². The van der Waals surface area contributed by atoms with Gasteiger partial charge in [0.1, 0.15) is 5.60 Å². The first-order valence-electron chi connectivity index (χ1n) is 12.6. The highest BCUT2D eigenvalue weighted by Crippen LogP contribution is 2.33. The summed E-state index contributed by atoms with van der Waals surface area (Å²) in [6.07, 6.45) is 5.97. The number of carbonyl (C=O) groups excluding carboxylic acids is 2. The number of anilines is 1. The number of nitrogens with zero attached hydrogens (tertiary/aromatic N) is 3. The lowest BCUT2D eigenvalue weighted by Gasteiger charge is -2.38. The van der Waals surface area contributed by atoms with Crippen molar-refractivity contribution >= 4 is 44.4 Å². The molecule has 4 rings (SSSR count). The third kappa shape index (κ3) is 6.73. The number of amides is 1. The first-order valence-corrected chi connectivity index (χ1v) is 13.4. The van der Waals surface area contributed by atoms with Crippen LogP contribution in [-0.2, 0) is 4.74 Å². The van der Waals surface area contributed by atoms with Crippen molar-refractivity contribution < 1.29 is 14.3 Å². The van der Waals surface area contributed by atoms with Crippen molar-refractivity contribution in [3.05, 3.63) is 34.4 Å². The molecule has 190 valence electrons. The molecule has 1 saturated heterocycles. The second-order valence-corrected chi connectivity index (χ2v) is 11.8. The predicted molar refractivity (Wildman–Crippen MR) is 143 cm³/mol. The van der Waals surface area contributed by atoms with Gasteiger partial charge in [-0.3, -0.25) is 14.7 Å². The van der Waals surface area contributed by atoms with Crippen LogP contribution in [0.25, 0.3) is 10.9 Å². The summed E-state index contributed by atoms with van der Waals surface area (Å²) in [5.41, 5.74) is 2.00. The van der Waals surface area contributed by atoms with Crippen molar-refractivity contribution in [2.75, 3.05) is 38.0 Å². The molecular formula is C27H37BrN4O3. The van der Waals surface area contributed by atoms with E-state index in [0.29, 0.717) is 17.5 Å². The van der Waals surface area contributed by atoms with Crippen LogP contribution in [0.15, 0.2) is 28.9 Å². The number of pyridine rings is 1. The third-order valence-electron chi connectivity index (χ3n) is 6.94. The molecular weight excluding hydrogens is 508 g/mol. The molecule has 2 aromatic rings. The molecule has 2 heterocycles. The normalized spacial score (nSPS) is 21.7. The van der Waals surface area contributed by atoms with E-state index in [9.17, 15) is 9.59 Å². The molecule has 1 N–H and O–H groups in total. The van der Waals surface area contributed by atoms with Crippen molar-refractivity contribution in [3.8, 4) is 0 Å². The van der Waals surface area contributed by atoms with E-state index in [1.165, 1.54) is 0 Å². The molecule has 7 nitrogen and oxygen atoms in total. The maximum atomic E-state index is 12.3. The van der Waals surface area contributed by atoms with Gasteiger partial charge in [-0.2, -0.15) is 0 Å². The van der Waals surface area contributed by atoms with Gasteiger partial charge in [0, 0.05) is 54.8 Å². The van der Waals surface area contributed by atoms with Crippen molar-refractivity contribution in [1.29, 1.82) is 0 Å². The lowest BCUT2D eigenvalue weighted by atomic mass is 9.85. The first kappa shape index (κ1) is 25.9. The summed E-state index contributed by atoms with van der Waals surface area (Å²) < 4.78 is 6.49. The van der Waals surface area contributed by atoms with Crippen LogP contribution in [0.5, 0.6) is 0 Å². The highest BCUT2D eigenvalue weighted by atomic mass is 79.9. The smallest absolute Gasteiger partial charge is 0.410 e. The third-order valence-corrected chi connectivity index (χ3v) is 7.44. The van der Waals surface area contributed by atoms with Crippen molar-refractivity contribution in [2.45, 2.75) is 65.0 Å². The number of Topliss-reactive ketones (excluding diaryl/α,β-unsaturated/α-hetero) is 1. The van der Waals surface area contributed by atoms with Crippen molar-refractivity contribution in [1.82, 2.24) is 14.8 Å². The molecule has 0 spiro atoms. The van der Waals surface area contributed by atoms with Crippen molar-refractivity contribution in [2.24, 2.45) is 5.92 Å². The molecule has 2 aliphatic rings. The highest BCUT2D eigenvalue weighted by Gasteiger charge is 2.29. The van der Waals surface area contributed by atoms with Crippen LogP contribution >= 0.6 is 15.9 Å². The number of carbonyl (C=O) groups is 2. The topological polar surface area (TPSA) is 74.8 Å². The molecule has 1 aliphatic heterocycles. The van der Waals surface area contributed by atoms with Gasteiger partial charge < -0.3 is 15.0 Å². The van der Waals surface area contributed by atoms with Gasteiger partial charge in [0.25, 0.3) is 0 Å². The Balaban J connectivity index is 1.30. The lowest BCUT2D eigenvalue weighted by Crippen LogP contribution is -2.51. The highest BCUT2D eigenvalue weighted by molar-refractivity contribution is 9.10. The van der Waals surface area contributed by atoms with E-state index in [2.05, 4.69) is 31.1 Å². The second kappa shape index (κ2) is 10.8. The predicted octanol–water partition coefficient (Wildman–Crippen LogP) is 5.72. The van der Waals surface area contributed by atoms with Gasteiger partial charge in [-0.15, -0.1) is 0 Å². The van der Waals surface area contributed by atoms with E-state index < -0.39 is 5.60 Å². The molecule has 1 aliphatic carbocycles. The molecule has 1 aromatic heterocycles. The number of piperazine rings is 1. The van der Waals surface area contributed by atoms with Crippen molar-refractivity contribution in [3.63, 3.8) is 0 Å². The fourth-order valence-corrected chi connectivity index (χ4v) is 5.45. The minimum atomic E-state index is -0.453. The summed E-state index contributed by atoms with van der Waals surface area (Å²) in [7, 11) is 0. The van der Waals surface area contributed by atoms with Crippen LogP contribution in [0.1, 0.15) is 63.7 Å². The monoisotopic (exact) mass is 544 g/mol. The molecule has 0 unspecified atom stereocenters. The summed E-state index contributed by atoms with van der Waals surface area (Å²) in [4.78, 5) is 33.4. The quantitative estimate of drug-likeness (QED) is 0.485. The van der Waals surface area contributed by atoms with Gasteiger partial charge in [0.2, 0.25) is 0 Å². The molecule has 2 fully saturated rings. The second-order valence-electron chi connectivity index (χ2n) is 10.9. The Morgan fingerprint density at radius 2 is 1.80 bits per heavy atom. The van der Waals surface area contributed by atoms with Crippen LogP contribution in [0.2, 0.25) is 0 Å². The molecule has 35 heavy (non-hydrogen) atoms. The molecule has 0 radical (unpaired) electrons. The van der Waals surface area contributed by atoms with Gasteiger partial charge in [-0.25, -0.2) is 4.79 Å². The number of hydrogen-bond acceptors (Lipinski definition) is 6. The molecule has 1 amide bonds. The number of nitrogens with one attached hydrogen (secondary N) is 1. The van der Waals surface area contributed by atoms with Gasteiger partial charge in [0.15, 0.2) is 5.78 Å². The number of hydrogen-bond donors (Lipinski definition) is 1. The Kier molecular flexibility index (Phi) is 8.01. The number of rotatable bonds is 5. The van der Waals surface area contributed by atoms with Gasteiger partial charge in [-0.05, 0) is 77.5 Å². The van der Waals surface area contributed by atoms with Crippen LogP contribution in [0, 0.1) is 5.92 Å². The minimum Gasteiger partial charge on any atom is -0.444 e. The van der Waals surface area contributed by atoms with Crippen LogP contribution in [0.3, 0.4) is 0 Å². The minimum absolute atomic E-state index is 0.0288. The van der Waals surface area contributed by atoms with Gasteiger partial charge >= 0.3 is 6.09 Å². The molecule has 0 bridgehead atoms. The zero-order valence-corrected chi connectivity index (χ0v) is 22.9. The van der Waals surface area contributed by atoms with Gasteiger partial charge in [0.05, 0.1) is 16.8 Å². The zero-order chi connectivity index (χ0) is 25.2. The zero-order valence-electron chi connectivity index (χ0n) is 21.3.